The second-order valence-corrected chi connectivity index (χ2v) is 6.39. The van der Waals surface area contributed by atoms with Crippen LogP contribution in [-0.2, 0) is 0 Å². The summed E-state index contributed by atoms with van der Waals surface area (Å²) in [6, 6.07) is 9.84. The summed E-state index contributed by atoms with van der Waals surface area (Å²) in [6.07, 6.45) is 3.70. The van der Waals surface area contributed by atoms with Crippen molar-refractivity contribution in [1.82, 2.24) is 0 Å². The van der Waals surface area contributed by atoms with Gasteiger partial charge in [0.2, 0.25) is 0 Å². The van der Waals surface area contributed by atoms with E-state index < -0.39 is 0 Å². The molecule has 3 unspecified atom stereocenters. The number of aliphatic hydroxyl groups excluding tert-OH is 1. The molecule has 1 fully saturated rings. The summed E-state index contributed by atoms with van der Waals surface area (Å²) in [5, 5.41) is 10.2. The smallest absolute Gasteiger partial charge is 0.125 e. The molecule has 1 aromatic rings. The molecule has 0 bridgehead atoms. The van der Waals surface area contributed by atoms with Crippen LogP contribution < -0.4 is 4.74 Å². The van der Waals surface area contributed by atoms with Gasteiger partial charge in [-0.3, -0.25) is 0 Å². The molecule has 0 aliphatic heterocycles. The molecular formula is C17H26O2. The van der Waals surface area contributed by atoms with Crippen LogP contribution in [0.15, 0.2) is 30.3 Å². The topological polar surface area (TPSA) is 29.5 Å². The molecule has 1 saturated carbocycles. The Labute approximate surface area is 116 Å². The molecule has 1 aromatic carbocycles. The van der Waals surface area contributed by atoms with Crippen LogP contribution in [0.25, 0.3) is 0 Å². The third-order valence-corrected chi connectivity index (χ3v) is 4.80. The molecule has 0 heterocycles. The molecule has 19 heavy (non-hydrogen) atoms. The standard InChI is InChI=1S/C17H26O2/c1-4-17(2,3)13-10-11-15(18)16(12-13)19-14-8-6-5-7-9-14/h5-9,13,15-16,18H,4,10-12H2,1-3H3. The van der Waals surface area contributed by atoms with Crippen LogP contribution in [0.3, 0.4) is 0 Å². The maximum Gasteiger partial charge on any atom is 0.125 e. The largest absolute Gasteiger partial charge is 0.488 e. The van der Waals surface area contributed by atoms with Crippen LogP contribution in [0.2, 0.25) is 0 Å². The zero-order chi connectivity index (χ0) is 13.9. The van der Waals surface area contributed by atoms with Gasteiger partial charge < -0.3 is 9.84 Å². The minimum absolute atomic E-state index is 0.0630. The normalized spacial score (nSPS) is 28.1. The SMILES string of the molecule is CCC(C)(C)C1CCC(O)C(Oc2ccccc2)C1. The molecule has 0 spiro atoms. The molecule has 1 aliphatic carbocycles. The van der Waals surface area contributed by atoms with E-state index in [1.807, 2.05) is 30.3 Å². The van der Waals surface area contributed by atoms with Crippen LogP contribution in [0.1, 0.15) is 46.5 Å². The predicted octanol–water partition coefficient (Wildman–Crippen LogP) is 4.03. The second-order valence-electron chi connectivity index (χ2n) is 6.39. The lowest BCUT2D eigenvalue weighted by Crippen LogP contribution is -2.42. The summed E-state index contributed by atoms with van der Waals surface area (Å²) in [5.41, 5.74) is 0.332. The molecule has 3 atom stereocenters. The van der Waals surface area contributed by atoms with E-state index in [0.717, 1.165) is 25.0 Å². The Morgan fingerprint density at radius 1 is 1.21 bits per heavy atom. The zero-order valence-electron chi connectivity index (χ0n) is 12.3. The van der Waals surface area contributed by atoms with Crippen molar-refractivity contribution in [2.75, 3.05) is 0 Å². The van der Waals surface area contributed by atoms with Crippen molar-refractivity contribution in [2.45, 2.75) is 58.7 Å². The van der Waals surface area contributed by atoms with Crippen LogP contribution in [-0.4, -0.2) is 17.3 Å². The third-order valence-electron chi connectivity index (χ3n) is 4.80. The van der Waals surface area contributed by atoms with E-state index in [1.54, 1.807) is 0 Å². The molecule has 1 N–H and O–H groups in total. The Hall–Kier alpha value is -1.02. The van der Waals surface area contributed by atoms with Crippen molar-refractivity contribution in [3.8, 4) is 5.75 Å². The summed E-state index contributed by atoms with van der Waals surface area (Å²) in [7, 11) is 0. The van der Waals surface area contributed by atoms with Crippen molar-refractivity contribution in [3.05, 3.63) is 30.3 Å². The lowest BCUT2D eigenvalue weighted by Gasteiger charge is -2.41. The molecule has 0 saturated heterocycles. The van der Waals surface area contributed by atoms with Crippen LogP contribution in [0.5, 0.6) is 5.75 Å². The summed E-state index contributed by atoms with van der Waals surface area (Å²) < 4.78 is 5.99. The molecule has 0 amide bonds. The van der Waals surface area contributed by atoms with Crippen LogP contribution in [0.4, 0.5) is 0 Å². The van der Waals surface area contributed by atoms with E-state index in [4.69, 9.17) is 4.74 Å². The lowest BCUT2D eigenvalue weighted by atomic mass is 9.68. The Morgan fingerprint density at radius 2 is 1.89 bits per heavy atom. The Morgan fingerprint density at radius 3 is 2.53 bits per heavy atom. The highest BCUT2D eigenvalue weighted by molar-refractivity contribution is 5.21. The maximum absolute atomic E-state index is 10.2. The van der Waals surface area contributed by atoms with E-state index in [-0.39, 0.29) is 12.2 Å². The van der Waals surface area contributed by atoms with Crippen molar-refractivity contribution < 1.29 is 9.84 Å². The molecule has 2 nitrogen and oxygen atoms in total. The second kappa shape index (κ2) is 5.96. The Balaban J connectivity index is 2.03. The highest BCUT2D eigenvalue weighted by Crippen LogP contribution is 2.41. The van der Waals surface area contributed by atoms with Gasteiger partial charge in [-0.1, -0.05) is 45.4 Å². The number of hydrogen-bond donors (Lipinski definition) is 1. The summed E-state index contributed by atoms with van der Waals surface area (Å²) in [4.78, 5) is 0. The Kier molecular flexibility index (Phi) is 4.51. The van der Waals surface area contributed by atoms with Gasteiger partial charge in [0.05, 0.1) is 6.10 Å². The highest BCUT2D eigenvalue weighted by Gasteiger charge is 2.37. The van der Waals surface area contributed by atoms with Crippen molar-refractivity contribution in [1.29, 1.82) is 0 Å². The van der Waals surface area contributed by atoms with Gasteiger partial charge in [0, 0.05) is 0 Å². The molecule has 0 aromatic heterocycles. The van der Waals surface area contributed by atoms with Gasteiger partial charge >= 0.3 is 0 Å². The third kappa shape index (κ3) is 3.50. The maximum atomic E-state index is 10.2. The number of rotatable bonds is 4. The molecular weight excluding hydrogens is 236 g/mol. The minimum atomic E-state index is -0.330. The average molecular weight is 262 g/mol. The quantitative estimate of drug-likeness (QED) is 0.887. The van der Waals surface area contributed by atoms with Gasteiger partial charge in [-0.25, -0.2) is 0 Å². The van der Waals surface area contributed by atoms with Gasteiger partial charge in [-0.2, -0.15) is 0 Å². The van der Waals surface area contributed by atoms with Gasteiger partial charge in [0.1, 0.15) is 11.9 Å². The fourth-order valence-corrected chi connectivity index (χ4v) is 2.91. The molecule has 0 radical (unpaired) electrons. The van der Waals surface area contributed by atoms with Gasteiger partial charge in [-0.05, 0) is 42.7 Å². The Bertz CT molecular complexity index is 386. The first kappa shape index (κ1) is 14.4. The van der Waals surface area contributed by atoms with E-state index in [1.165, 1.54) is 6.42 Å². The van der Waals surface area contributed by atoms with Crippen LogP contribution >= 0.6 is 0 Å². The summed E-state index contributed by atoms with van der Waals surface area (Å²) in [6.45, 7) is 6.90. The van der Waals surface area contributed by atoms with E-state index >= 15 is 0 Å². The van der Waals surface area contributed by atoms with E-state index in [2.05, 4.69) is 20.8 Å². The predicted molar refractivity (Wildman–Crippen MR) is 78.3 cm³/mol. The van der Waals surface area contributed by atoms with Crippen molar-refractivity contribution >= 4 is 0 Å². The van der Waals surface area contributed by atoms with Gasteiger partial charge in [0.25, 0.3) is 0 Å². The minimum Gasteiger partial charge on any atom is -0.488 e. The average Bonchev–Trinajstić information content (AvgIpc) is 2.42. The van der Waals surface area contributed by atoms with E-state index in [0.29, 0.717) is 11.3 Å². The first-order valence-corrected chi connectivity index (χ1v) is 7.42. The highest BCUT2D eigenvalue weighted by atomic mass is 16.5. The molecule has 106 valence electrons. The first-order valence-electron chi connectivity index (χ1n) is 7.42. The molecule has 2 rings (SSSR count). The number of hydrogen-bond acceptors (Lipinski definition) is 2. The van der Waals surface area contributed by atoms with Gasteiger partial charge in [0.15, 0.2) is 0 Å². The van der Waals surface area contributed by atoms with E-state index in [9.17, 15) is 5.11 Å². The van der Waals surface area contributed by atoms with Crippen LogP contribution in [0, 0.1) is 11.3 Å². The fraction of sp³-hybridized carbons (Fsp3) is 0.647. The fourth-order valence-electron chi connectivity index (χ4n) is 2.91. The molecule has 2 heteroatoms. The molecule has 1 aliphatic rings. The first-order chi connectivity index (χ1) is 9.03. The lowest BCUT2D eigenvalue weighted by molar-refractivity contribution is -0.0333. The number of para-hydroxylation sites is 1. The monoisotopic (exact) mass is 262 g/mol. The number of ether oxygens (including phenoxy) is 1. The summed E-state index contributed by atoms with van der Waals surface area (Å²) in [5.74, 6) is 1.50. The number of aliphatic hydroxyl groups is 1. The zero-order valence-corrected chi connectivity index (χ0v) is 12.3. The summed E-state index contributed by atoms with van der Waals surface area (Å²) >= 11 is 0. The van der Waals surface area contributed by atoms with Crippen molar-refractivity contribution in [2.24, 2.45) is 11.3 Å². The number of benzene rings is 1. The van der Waals surface area contributed by atoms with Crippen molar-refractivity contribution in [3.63, 3.8) is 0 Å². The van der Waals surface area contributed by atoms with Gasteiger partial charge in [-0.15, -0.1) is 0 Å².